The molecule has 1 atom stereocenters. The summed E-state index contributed by atoms with van der Waals surface area (Å²) in [7, 11) is 1.68. The van der Waals surface area contributed by atoms with E-state index in [1.165, 1.54) is 0 Å². The molecule has 2 aliphatic rings. The van der Waals surface area contributed by atoms with Gasteiger partial charge in [-0.15, -0.1) is 0 Å². The van der Waals surface area contributed by atoms with Crippen molar-refractivity contribution >= 4 is 34.9 Å². The standard InChI is InChI=1S/C17H19Cl2NO3/c1-16(23-2)5-7-17(8-6-16)14(21)13(15(22)20-17)11-4-3-10(18)9-12(11)19/h3-4,9,13H,5-8H2,1-2H3,(H,20,22). The maximum atomic E-state index is 13.0. The lowest BCUT2D eigenvalue weighted by Gasteiger charge is -2.41. The predicted octanol–water partition coefficient (Wildman–Crippen LogP) is 3.49. The molecule has 3 rings (SSSR count). The van der Waals surface area contributed by atoms with Crippen molar-refractivity contribution < 1.29 is 14.3 Å². The van der Waals surface area contributed by atoms with Gasteiger partial charge in [-0.3, -0.25) is 9.59 Å². The third kappa shape index (κ3) is 2.77. The normalized spacial score (nSPS) is 34.0. The number of hydrogen-bond donors (Lipinski definition) is 1. The number of halogens is 2. The molecule has 1 N–H and O–H groups in total. The number of Topliss-reactive ketones (excluding diaryl/α,β-unsaturated/α-hetero) is 1. The van der Waals surface area contributed by atoms with Crippen LogP contribution in [0.2, 0.25) is 10.0 Å². The van der Waals surface area contributed by atoms with Crippen molar-refractivity contribution in [2.45, 2.75) is 49.7 Å². The molecule has 1 aromatic carbocycles. The van der Waals surface area contributed by atoms with Gasteiger partial charge < -0.3 is 10.1 Å². The maximum absolute atomic E-state index is 13.0. The Morgan fingerprint density at radius 1 is 1.17 bits per heavy atom. The molecule has 4 nitrogen and oxygen atoms in total. The first-order chi connectivity index (χ1) is 10.8. The highest BCUT2D eigenvalue weighted by Gasteiger charge is 2.55. The first-order valence-corrected chi connectivity index (χ1v) is 8.42. The average Bonchev–Trinajstić information content (AvgIpc) is 2.75. The summed E-state index contributed by atoms with van der Waals surface area (Å²) in [6.07, 6.45) is 2.64. The average molecular weight is 356 g/mol. The molecule has 2 fully saturated rings. The van der Waals surface area contributed by atoms with Gasteiger partial charge in [0.1, 0.15) is 5.92 Å². The van der Waals surface area contributed by atoms with Crippen molar-refractivity contribution in [3.63, 3.8) is 0 Å². The number of amides is 1. The van der Waals surface area contributed by atoms with Crippen molar-refractivity contribution in [1.29, 1.82) is 0 Å². The van der Waals surface area contributed by atoms with Crippen LogP contribution in [0.4, 0.5) is 0 Å². The topological polar surface area (TPSA) is 55.4 Å². The quantitative estimate of drug-likeness (QED) is 0.826. The minimum Gasteiger partial charge on any atom is -0.379 e. The van der Waals surface area contributed by atoms with Crippen LogP contribution in [0.15, 0.2) is 18.2 Å². The molecule has 1 saturated heterocycles. The van der Waals surface area contributed by atoms with Crippen LogP contribution >= 0.6 is 23.2 Å². The van der Waals surface area contributed by atoms with Crippen LogP contribution in [0.3, 0.4) is 0 Å². The number of benzene rings is 1. The molecule has 0 radical (unpaired) electrons. The molecule has 1 aromatic rings. The van der Waals surface area contributed by atoms with Gasteiger partial charge in [-0.2, -0.15) is 0 Å². The van der Waals surface area contributed by atoms with Gasteiger partial charge in [-0.05, 0) is 50.3 Å². The number of rotatable bonds is 2. The largest absolute Gasteiger partial charge is 0.379 e. The molecular formula is C17H19Cl2NO3. The van der Waals surface area contributed by atoms with Crippen molar-refractivity contribution in [3.05, 3.63) is 33.8 Å². The summed E-state index contributed by atoms with van der Waals surface area (Å²) in [5.41, 5.74) is -0.495. The third-order valence-corrected chi connectivity index (χ3v) is 5.85. The van der Waals surface area contributed by atoms with Crippen molar-refractivity contribution in [2.75, 3.05) is 7.11 Å². The lowest BCUT2D eigenvalue weighted by molar-refractivity contribution is -0.127. The van der Waals surface area contributed by atoms with Crippen molar-refractivity contribution in [2.24, 2.45) is 0 Å². The van der Waals surface area contributed by atoms with E-state index in [2.05, 4.69) is 5.32 Å². The van der Waals surface area contributed by atoms with E-state index in [0.29, 0.717) is 28.5 Å². The number of carbonyl (C=O) groups excluding carboxylic acids is 2. The minimum absolute atomic E-state index is 0.0927. The Morgan fingerprint density at radius 2 is 1.83 bits per heavy atom. The Bertz CT molecular complexity index is 666. The van der Waals surface area contributed by atoms with E-state index in [9.17, 15) is 9.59 Å². The highest BCUT2D eigenvalue weighted by atomic mass is 35.5. The van der Waals surface area contributed by atoms with E-state index in [1.54, 1.807) is 25.3 Å². The lowest BCUT2D eigenvalue weighted by Crippen LogP contribution is -2.52. The molecule has 1 heterocycles. The Balaban J connectivity index is 1.89. The zero-order valence-corrected chi connectivity index (χ0v) is 14.6. The van der Waals surface area contributed by atoms with Gasteiger partial charge in [0.2, 0.25) is 5.91 Å². The molecule has 1 amide bonds. The van der Waals surface area contributed by atoms with Gasteiger partial charge in [-0.25, -0.2) is 0 Å². The Morgan fingerprint density at radius 3 is 2.39 bits per heavy atom. The van der Waals surface area contributed by atoms with E-state index >= 15 is 0 Å². The molecular weight excluding hydrogens is 337 g/mol. The number of ether oxygens (including phenoxy) is 1. The van der Waals surface area contributed by atoms with Crippen LogP contribution in [-0.4, -0.2) is 29.9 Å². The highest BCUT2D eigenvalue weighted by molar-refractivity contribution is 6.36. The van der Waals surface area contributed by atoms with Gasteiger partial charge in [0.15, 0.2) is 5.78 Å². The number of carbonyl (C=O) groups is 2. The maximum Gasteiger partial charge on any atom is 0.236 e. The van der Waals surface area contributed by atoms with Gasteiger partial charge in [0.25, 0.3) is 0 Å². The molecule has 1 spiro atoms. The number of hydrogen-bond acceptors (Lipinski definition) is 3. The molecule has 1 aliphatic heterocycles. The Kier molecular flexibility index (Phi) is 4.20. The Labute approximate surface area is 145 Å². The molecule has 0 aromatic heterocycles. The number of methoxy groups -OCH3 is 1. The monoisotopic (exact) mass is 355 g/mol. The van der Waals surface area contributed by atoms with E-state index in [-0.39, 0.29) is 17.3 Å². The smallest absolute Gasteiger partial charge is 0.236 e. The van der Waals surface area contributed by atoms with Crippen LogP contribution in [0.1, 0.15) is 44.1 Å². The lowest BCUT2D eigenvalue weighted by atomic mass is 9.72. The molecule has 124 valence electrons. The highest BCUT2D eigenvalue weighted by Crippen LogP contribution is 2.44. The number of ketones is 1. The molecule has 0 bridgehead atoms. The van der Waals surface area contributed by atoms with Crippen LogP contribution in [0.25, 0.3) is 0 Å². The van der Waals surface area contributed by atoms with Crippen molar-refractivity contribution in [1.82, 2.24) is 5.32 Å². The van der Waals surface area contributed by atoms with Crippen molar-refractivity contribution in [3.8, 4) is 0 Å². The summed E-state index contributed by atoms with van der Waals surface area (Å²) in [5, 5.41) is 3.76. The molecule has 1 saturated carbocycles. The molecule has 6 heteroatoms. The van der Waals surface area contributed by atoms with Gasteiger partial charge in [0.05, 0.1) is 11.1 Å². The summed E-state index contributed by atoms with van der Waals surface area (Å²) >= 11 is 12.1. The second kappa shape index (κ2) is 5.76. The first kappa shape index (κ1) is 16.7. The third-order valence-electron chi connectivity index (χ3n) is 5.29. The molecule has 23 heavy (non-hydrogen) atoms. The number of nitrogens with one attached hydrogen (secondary N) is 1. The van der Waals surface area contributed by atoms with E-state index in [4.69, 9.17) is 27.9 Å². The van der Waals surface area contributed by atoms with Gasteiger partial charge >= 0.3 is 0 Å². The molecule has 1 unspecified atom stereocenters. The fourth-order valence-corrected chi connectivity index (χ4v) is 4.08. The van der Waals surface area contributed by atoms with E-state index in [0.717, 1.165) is 12.8 Å². The zero-order chi connectivity index (χ0) is 16.8. The Hall–Kier alpha value is -1.10. The minimum atomic E-state index is -0.855. The summed E-state index contributed by atoms with van der Waals surface area (Å²) in [5.74, 6) is -1.23. The van der Waals surface area contributed by atoms with Crippen LogP contribution in [-0.2, 0) is 14.3 Å². The fraction of sp³-hybridized carbons (Fsp3) is 0.529. The molecule has 1 aliphatic carbocycles. The summed E-state index contributed by atoms with van der Waals surface area (Å²) in [6, 6.07) is 4.87. The summed E-state index contributed by atoms with van der Waals surface area (Å²) < 4.78 is 5.53. The van der Waals surface area contributed by atoms with Gasteiger partial charge in [0, 0.05) is 17.2 Å². The van der Waals surface area contributed by atoms with E-state index < -0.39 is 11.5 Å². The van der Waals surface area contributed by atoms with Crippen LogP contribution < -0.4 is 5.32 Å². The van der Waals surface area contributed by atoms with Crippen LogP contribution in [0, 0.1) is 0 Å². The second-order valence-corrected chi connectivity index (χ2v) is 7.53. The zero-order valence-electron chi connectivity index (χ0n) is 13.1. The predicted molar refractivity (Wildman–Crippen MR) is 89.0 cm³/mol. The summed E-state index contributed by atoms with van der Waals surface area (Å²) in [4.78, 5) is 25.5. The second-order valence-electron chi connectivity index (χ2n) is 6.69. The van der Waals surface area contributed by atoms with Gasteiger partial charge in [-0.1, -0.05) is 29.3 Å². The summed E-state index contributed by atoms with van der Waals surface area (Å²) in [6.45, 7) is 2.04. The van der Waals surface area contributed by atoms with E-state index in [1.807, 2.05) is 6.92 Å². The first-order valence-electron chi connectivity index (χ1n) is 7.67. The SMILES string of the molecule is COC1(C)CCC2(CC1)NC(=O)C(c1ccc(Cl)cc1Cl)C2=O. The van der Waals surface area contributed by atoms with Crippen LogP contribution in [0.5, 0.6) is 0 Å². The fourth-order valence-electron chi connectivity index (χ4n) is 3.56.